The molecule has 0 saturated heterocycles. The quantitative estimate of drug-likeness (QED) is 0.709. The number of rotatable bonds is 5. The third-order valence-electron chi connectivity index (χ3n) is 4.53. The average molecular weight is 393 g/mol. The summed E-state index contributed by atoms with van der Waals surface area (Å²) in [7, 11) is 0. The van der Waals surface area contributed by atoms with Gasteiger partial charge in [0.05, 0.1) is 5.69 Å². The van der Waals surface area contributed by atoms with Gasteiger partial charge in [-0.2, -0.15) is 15.1 Å². The van der Waals surface area contributed by atoms with E-state index >= 15 is 0 Å². The maximum atomic E-state index is 13.4. The van der Waals surface area contributed by atoms with E-state index in [9.17, 15) is 13.2 Å². The molecule has 0 aromatic carbocycles. The minimum atomic E-state index is -2.61. The Morgan fingerprint density at radius 3 is 2.68 bits per heavy atom. The number of alkyl halides is 3. The van der Waals surface area contributed by atoms with Gasteiger partial charge in [-0.25, -0.2) is 22.8 Å². The fraction of sp³-hybridized carbons (Fsp3) is 0.471. The summed E-state index contributed by atoms with van der Waals surface area (Å²) in [5.41, 5.74) is 0.621. The van der Waals surface area contributed by atoms with Crippen molar-refractivity contribution in [3.05, 3.63) is 29.9 Å². The Morgan fingerprint density at radius 2 is 2.04 bits per heavy atom. The van der Waals surface area contributed by atoms with Gasteiger partial charge in [0.15, 0.2) is 0 Å². The number of halogens is 3. The Balaban J connectivity index is 1.66. The third kappa shape index (κ3) is 3.97. The van der Waals surface area contributed by atoms with Crippen LogP contribution in [0.3, 0.4) is 0 Å². The first-order chi connectivity index (χ1) is 13.4. The molecule has 0 atom stereocenters. The van der Waals surface area contributed by atoms with Crippen molar-refractivity contribution in [2.45, 2.75) is 51.2 Å². The first-order valence-electron chi connectivity index (χ1n) is 8.87. The molecule has 3 aromatic heterocycles. The van der Waals surface area contributed by atoms with E-state index < -0.39 is 12.6 Å². The smallest absolute Gasteiger partial charge is 0.253 e. The van der Waals surface area contributed by atoms with Crippen LogP contribution < -0.4 is 5.32 Å². The molecular formula is C17H18F3N7O. The lowest BCUT2D eigenvalue weighted by Crippen LogP contribution is -2.32. The number of nitrogens with zero attached hydrogens (tertiary/aromatic N) is 6. The molecule has 8 nitrogen and oxygen atoms in total. The molecule has 4 rings (SSSR count). The molecule has 148 valence electrons. The van der Waals surface area contributed by atoms with Crippen LogP contribution in [0.4, 0.5) is 19.0 Å². The van der Waals surface area contributed by atoms with E-state index in [2.05, 4.69) is 30.5 Å². The molecule has 1 saturated carbocycles. The van der Waals surface area contributed by atoms with E-state index in [0.717, 1.165) is 0 Å². The van der Waals surface area contributed by atoms with Crippen molar-refractivity contribution < 1.29 is 17.7 Å². The highest BCUT2D eigenvalue weighted by atomic mass is 19.3. The van der Waals surface area contributed by atoms with Crippen LogP contribution in [0.1, 0.15) is 37.3 Å². The van der Waals surface area contributed by atoms with Gasteiger partial charge >= 0.3 is 0 Å². The monoisotopic (exact) mass is 393 g/mol. The number of aromatic nitrogens is 6. The number of hydrogen-bond acceptors (Lipinski definition) is 7. The van der Waals surface area contributed by atoms with Crippen molar-refractivity contribution >= 4 is 5.82 Å². The zero-order chi connectivity index (χ0) is 19.7. The maximum absolute atomic E-state index is 13.4. The number of nitrogens with one attached hydrogen (secondary N) is 1. The van der Waals surface area contributed by atoms with Crippen LogP contribution in [0.5, 0.6) is 0 Å². The van der Waals surface area contributed by atoms with E-state index in [-0.39, 0.29) is 36.4 Å². The summed E-state index contributed by atoms with van der Waals surface area (Å²) in [5.74, 6) is -1.37. The Labute approximate surface area is 158 Å². The molecule has 1 N–H and O–H groups in total. The van der Waals surface area contributed by atoms with Crippen molar-refractivity contribution in [3.63, 3.8) is 0 Å². The Kier molecular flexibility index (Phi) is 4.73. The van der Waals surface area contributed by atoms with Gasteiger partial charge in [-0.1, -0.05) is 5.16 Å². The number of hydrogen-bond donors (Lipinski definition) is 1. The molecule has 0 unspecified atom stereocenters. The number of anilines is 1. The van der Waals surface area contributed by atoms with Gasteiger partial charge in [0, 0.05) is 38.1 Å². The van der Waals surface area contributed by atoms with Crippen molar-refractivity contribution in [2.75, 3.05) is 5.32 Å². The average Bonchev–Trinajstić information content (AvgIpc) is 3.32. The van der Waals surface area contributed by atoms with Crippen LogP contribution in [0.2, 0.25) is 0 Å². The van der Waals surface area contributed by atoms with Crippen LogP contribution in [0.15, 0.2) is 22.9 Å². The van der Waals surface area contributed by atoms with E-state index in [1.807, 2.05) is 0 Å². The molecule has 0 aliphatic heterocycles. The number of aryl methyl sites for hydroxylation is 1. The zero-order valence-corrected chi connectivity index (χ0v) is 15.1. The molecule has 0 spiro atoms. The van der Waals surface area contributed by atoms with Crippen molar-refractivity contribution in [3.8, 4) is 17.5 Å². The highest BCUT2D eigenvalue weighted by molar-refractivity contribution is 5.56. The lowest BCUT2D eigenvalue weighted by Gasteiger charge is -2.29. The molecular weight excluding hydrogens is 375 g/mol. The summed E-state index contributed by atoms with van der Waals surface area (Å²) < 4.78 is 46.0. The topological polar surface area (TPSA) is 94.6 Å². The summed E-state index contributed by atoms with van der Waals surface area (Å²) in [6, 6.07) is 3.01. The first-order valence-corrected chi connectivity index (χ1v) is 8.87. The van der Waals surface area contributed by atoms with Gasteiger partial charge in [0.1, 0.15) is 18.2 Å². The van der Waals surface area contributed by atoms with Gasteiger partial charge in [-0.05, 0) is 18.9 Å². The van der Waals surface area contributed by atoms with Gasteiger partial charge in [-0.15, -0.1) is 0 Å². The molecule has 11 heteroatoms. The lowest BCUT2D eigenvalue weighted by atomic mass is 9.92. The molecule has 1 aliphatic rings. The first kappa shape index (κ1) is 18.4. The predicted octanol–water partition coefficient (Wildman–Crippen LogP) is 3.48. The largest absolute Gasteiger partial charge is 0.367 e. The molecule has 1 fully saturated rings. The van der Waals surface area contributed by atoms with E-state index in [1.165, 1.54) is 10.7 Å². The summed E-state index contributed by atoms with van der Waals surface area (Å²) in [6.45, 7) is 0.944. The Bertz CT molecular complexity index is 961. The Hall–Kier alpha value is -2.98. The second kappa shape index (κ2) is 7.21. The minimum absolute atomic E-state index is 0.138. The zero-order valence-electron chi connectivity index (χ0n) is 15.1. The third-order valence-corrected chi connectivity index (χ3v) is 4.53. The normalized spacial score (nSPS) is 17.0. The summed E-state index contributed by atoms with van der Waals surface area (Å²) >= 11 is 0. The minimum Gasteiger partial charge on any atom is -0.367 e. The second-order valence-electron chi connectivity index (χ2n) is 6.74. The summed E-state index contributed by atoms with van der Waals surface area (Å²) in [6.07, 6.45) is 1.87. The predicted molar refractivity (Wildman–Crippen MR) is 92.8 cm³/mol. The van der Waals surface area contributed by atoms with Gasteiger partial charge < -0.3 is 9.84 Å². The fourth-order valence-corrected chi connectivity index (χ4v) is 3.07. The van der Waals surface area contributed by atoms with Crippen molar-refractivity contribution in [1.82, 2.24) is 29.9 Å². The summed E-state index contributed by atoms with van der Waals surface area (Å²) in [5, 5.41) is 11.1. The van der Waals surface area contributed by atoms with Gasteiger partial charge in [0.2, 0.25) is 17.6 Å². The van der Waals surface area contributed by atoms with E-state index in [4.69, 9.17) is 4.52 Å². The molecule has 0 bridgehead atoms. The highest BCUT2D eigenvalue weighted by Crippen LogP contribution is 2.34. The SMILES string of the molecule is Cc1nc(-c2cc(NC3CCC(F)(F)CC3)nc(-n3ccc(CF)n3)n2)no1. The van der Waals surface area contributed by atoms with Crippen molar-refractivity contribution in [1.29, 1.82) is 0 Å². The maximum Gasteiger partial charge on any atom is 0.253 e. The second-order valence-corrected chi connectivity index (χ2v) is 6.74. The van der Waals surface area contributed by atoms with Crippen LogP contribution in [0, 0.1) is 6.92 Å². The van der Waals surface area contributed by atoms with Gasteiger partial charge in [-0.3, -0.25) is 0 Å². The lowest BCUT2D eigenvalue weighted by molar-refractivity contribution is -0.0361. The van der Waals surface area contributed by atoms with Crippen LogP contribution in [-0.4, -0.2) is 41.9 Å². The van der Waals surface area contributed by atoms with Crippen LogP contribution in [0.25, 0.3) is 17.5 Å². The Morgan fingerprint density at radius 1 is 1.25 bits per heavy atom. The molecule has 0 radical (unpaired) electrons. The summed E-state index contributed by atoms with van der Waals surface area (Å²) in [4.78, 5) is 12.9. The van der Waals surface area contributed by atoms with Gasteiger partial charge in [0.25, 0.3) is 5.95 Å². The van der Waals surface area contributed by atoms with E-state index in [0.29, 0.717) is 30.2 Å². The standard InChI is InChI=1S/C17H18F3N7O/c1-10-21-15(26-28-10)13-8-14(22-11-2-5-17(19,20)6-3-11)24-16(23-13)27-7-4-12(9-18)25-27/h4,7-8,11H,2-3,5-6,9H2,1H3,(H,22,23,24). The molecule has 28 heavy (non-hydrogen) atoms. The molecule has 3 heterocycles. The molecule has 1 aliphatic carbocycles. The molecule has 0 amide bonds. The van der Waals surface area contributed by atoms with Crippen molar-refractivity contribution in [2.24, 2.45) is 0 Å². The van der Waals surface area contributed by atoms with E-state index in [1.54, 1.807) is 19.2 Å². The molecule has 3 aromatic rings. The van der Waals surface area contributed by atoms with Crippen LogP contribution in [-0.2, 0) is 6.67 Å². The fourth-order valence-electron chi connectivity index (χ4n) is 3.07. The highest BCUT2D eigenvalue weighted by Gasteiger charge is 2.35. The van der Waals surface area contributed by atoms with Crippen LogP contribution >= 0.6 is 0 Å².